The molecule has 1 saturated carbocycles. The smallest absolute Gasteiger partial charge is 0.0992 e. The van der Waals surface area contributed by atoms with Crippen molar-refractivity contribution in [2.24, 2.45) is 5.92 Å². The van der Waals surface area contributed by atoms with Crippen LogP contribution in [0.1, 0.15) is 50.8 Å². The fourth-order valence-electron chi connectivity index (χ4n) is 2.38. The number of hydrogen-bond acceptors (Lipinski definition) is 3. The van der Waals surface area contributed by atoms with Crippen LogP contribution in [0.3, 0.4) is 0 Å². The van der Waals surface area contributed by atoms with E-state index in [0.717, 1.165) is 23.7 Å². The van der Waals surface area contributed by atoms with Crippen LogP contribution in [0.25, 0.3) is 0 Å². The quantitative estimate of drug-likeness (QED) is 0.882. The number of nitriles is 1. The first kappa shape index (κ1) is 13.9. The Hall–Kier alpha value is -1.53. The van der Waals surface area contributed by atoms with Gasteiger partial charge in [0.25, 0.3) is 0 Å². The van der Waals surface area contributed by atoms with E-state index in [1.165, 1.54) is 12.8 Å². The zero-order valence-electron chi connectivity index (χ0n) is 11.9. The SMILES string of the molecule is CC(C)N(CC1CC1)c1cc(C#N)ccc1[C@@H](C)O. The second-order valence-corrected chi connectivity index (χ2v) is 5.75. The van der Waals surface area contributed by atoms with Crippen LogP contribution in [0.5, 0.6) is 0 Å². The third-order valence-electron chi connectivity index (χ3n) is 3.69. The van der Waals surface area contributed by atoms with Crippen molar-refractivity contribution in [2.75, 3.05) is 11.4 Å². The summed E-state index contributed by atoms with van der Waals surface area (Å²) in [4.78, 5) is 2.32. The van der Waals surface area contributed by atoms with Crippen LogP contribution < -0.4 is 4.90 Å². The van der Waals surface area contributed by atoms with Crippen LogP contribution in [0.2, 0.25) is 0 Å². The predicted molar refractivity (Wildman–Crippen MR) is 77.0 cm³/mol. The molecule has 1 aliphatic carbocycles. The number of anilines is 1. The van der Waals surface area contributed by atoms with Crippen molar-refractivity contribution in [2.45, 2.75) is 45.8 Å². The van der Waals surface area contributed by atoms with Crippen LogP contribution in [0.4, 0.5) is 5.69 Å². The first-order valence-electron chi connectivity index (χ1n) is 7.01. The maximum absolute atomic E-state index is 9.94. The van der Waals surface area contributed by atoms with Gasteiger partial charge in [-0.05, 0) is 51.7 Å². The minimum absolute atomic E-state index is 0.368. The van der Waals surface area contributed by atoms with Crippen LogP contribution in [-0.2, 0) is 0 Å². The second kappa shape index (κ2) is 5.63. The van der Waals surface area contributed by atoms with Crippen LogP contribution in [-0.4, -0.2) is 17.7 Å². The molecule has 0 saturated heterocycles. The molecular weight excluding hydrogens is 236 g/mol. The van der Waals surface area contributed by atoms with E-state index in [-0.39, 0.29) is 0 Å². The fraction of sp³-hybridized carbons (Fsp3) is 0.562. The summed E-state index contributed by atoms with van der Waals surface area (Å²) in [7, 11) is 0. The van der Waals surface area contributed by atoms with Gasteiger partial charge in [-0.3, -0.25) is 0 Å². The molecule has 0 aliphatic heterocycles. The normalized spacial score (nSPS) is 16.2. The highest BCUT2D eigenvalue weighted by Crippen LogP contribution is 2.35. The van der Waals surface area contributed by atoms with Gasteiger partial charge in [-0.15, -0.1) is 0 Å². The number of hydrogen-bond donors (Lipinski definition) is 1. The van der Waals surface area contributed by atoms with Crippen molar-refractivity contribution < 1.29 is 5.11 Å². The molecule has 1 N–H and O–H groups in total. The number of aliphatic hydroxyl groups excluding tert-OH is 1. The van der Waals surface area contributed by atoms with Crippen molar-refractivity contribution >= 4 is 5.69 Å². The molecule has 1 aliphatic rings. The lowest BCUT2D eigenvalue weighted by atomic mass is 10.0. The van der Waals surface area contributed by atoms with Gasteiger partial charge in [0.2, 0.25) is 0 Å². The lowest BCUT2D eigenvalue weighted by Gasteiger charge is -2.32. The monoisotopic (exact) mass is 258 g/mol. The molecule has 2 rings (SSSR count). The van der Waals surface area contributed by atoms with Gasteiger partial charge in [0, 0.05) is 23.8 Å². The number of nitrogens with zero attached hydrogens (tertiary/aromatic N) is 2. The van der Waals surface area contributed by atoms with E-state index in [2.05, 4.69) is 24.8 Å². The Morgan fingerprint density at radius 1 is 1.37 bits per heavy atom. The molecule has 0 spiro atoms. The lowest BCUT2D eigenvalue weighted by molar-refractivity contribution is 0.199. The number of aliphatic hydroxyl groups is 1. The molecule has 1 atom stereocenters. The van der Waals surface area contributed by atoms with E-state index in [0.29, 0.717) is 11.6 Å². The van der Waals surface area contributed by atoms with Crippen LogP contribution in [0.15, 0.2) is 18.2 Å². The molecule has 19 heavy (non-hydrogen) atoms. The molecule has 1 fully saturated rings. The summed E-state index contributed by atoms with van der Waals surface area (Å²) in [6.45, 7) is 7.12. The highest BCUT2D eigenvalue weighted by molar-refractivity contribution is 5.59. The average molecular weight is 258 g/mol. The van der Waals surface area contributed by atoms with Gasteiger partial charge in [-0.1, -0.05) is 6.07 Å². The maximum Gasteiger partial charge on any atom is 0.0992 e. The van der Waals surface area contributed by atoms with E-state index in [9.17, 15) is 5.11 Å². The summed E-state index contributed by atoms with van der Waals surface area (Å²) >= 11 is 0. The Labute approximate surface area is 115 Å². The van der Waals surface area contributed by atoms with E-state index >= 15 is 0 Å². The molecule has 1 aromatic carbocycles. The van der Waals surface area contributed by atoms with Gasteiger partial charge >= 0.3 is 0 Å². The van der Waals surface area contributed by atoms with Gasteiger partial charge in [-0.2, -0.15) is 5.26 Å². The number of benzene rings is 1. The van der Waals surface area contributed by atoms with Crippen molar-refractivity contribution in [3.63, 3.8) is 0 Å². The van der Waals surface area contributed by atoms with Crippen molar-refractivity contribution in [3.05, 3.63) is 29.3 Å². The molecule has 102 valence electrons. The van der Waals surface area contributed by atoms with E-state index in [4.69, 9.17) is 5.26 Å². The average Bonchev–Trinajstić information content (AvgIpc) is 3.18. The topological polar surface area (TPSA) is 47.3 Å². The van der Waals surface area contributed by atoms with E-state index in [1.807, 2.05) is 12.1 Å². The van der Waals surface area contributed by atoms with Gasteiger partial charge < -0.3 is 10.0 Å². The Bertz CT molecular complexity index is 484. The summed E-state index contributed by atoms with van der Waals surface area (Å²) in [6.07, 6.45) is 2.08. The predicted octanol–water partition coefficient (Wildman–Crippen LogP) is 3.24. The maximum atomic E-state index is 9.94. The molecule has 0 heterocycles. The minimum Gasteiger partial charge on any atom is -0.389 e. The van der Waals surface area contributed by atoms with Gasteiger partial charge in [0.05, 0.1) is 17.7 Å². The Kier molecular flexibility index (Phi) is 4.11. The Morgan fingerprint density at radius 2 is 2.05 bits per heavy atom. The first-order valence-corrected chi connectivity index (χ1v) is 7.01. The van der Waals surface area contributed by atoms with Crippen LogP contribution in [0, 0.1) is 17.2 Å². The van der Waals surface area contributed by atoms with Gasteiger partial charge in [-0.25, -0.2) is 0 Å². The first-order chi connectivity index (χ1) is 9.02. The molecule has 0 aromatic heterocycles. The summed E-state index contributed by atoms with van der Waals surface area (Å²) in [5.74, 6) is 0.773. The zero-order chi connectivity index (χ0) is 14.0. The largest absolute Gasteiger partial charge is 0.389 e. The molecule has 3 heteroatoms. The minimum atomic E-state index is -0.511. The highest BCUT2D eigenvalue weighted by Gasteiger charge is 2.27. The fourth-order valence-corrected chi connectivity index (χ4v) is 2.38. The van der Waals surface area contributed by atoms with Gasteiger partial charge in [0.1, 0.15) is 0 Å². The van der Waals surface area contributed by atoms with Crippen molar-refractivity contribution in [1.29, 1.82) is 5.26 Å². The van der Waals surface area contributed by atoms with Crippen molar-refractivity contribution in [3.8, 4) is 6.07 Å². The molecule has 0 amide bonds. The molecule has 0 unspecified atom stereocenters. The Balaban J connectivity index is 2.39. The Morgan fingerprint density at radius 3 is 2.53 bits per heavy atom. The lowest BCUT2D eigenvalue weighted by Crippen LogP contribution is -2.33. The summed E-state index contributed by atoms with van der Waals surface area (Å²) in [5, 5.41) is 19.0. The molecule has 1 aromatic rings. The third kappa shape index (κ3) is 3.27. The van der Waals surface area contributed by atoms with E-state index in [1.54, 1.807) is 13.0 Å². The van der Waals surface area contributed by atoms with Gasteiger partial charge in [0.15, 0.2) is 0 Å². The zero-order valence-corrected chi connectivity index (χ0v) is 11.9. The molecule has 0 bridgehead atoms. The standard InChI is InChI=1S/C16H22N2O/c1-11(2)18(10-13-4-5-13)16-8-14(9-17)6-7-15(16)12(3)19/h6-8,11-13,19H,4-5,10H2,1-3H3/t12-/m1/s1. The number of rotatable bonds is 5. The summed E-state index contributed by atoms with van der Waals surface area (Å²) in [5.41, 5.74) is 2.57. The van der Waals surface area contributed by atoms with E-state index < -0.39 is 6.10 Å². The third-order valence-corrected chi connectivity index (χ3v) is 3.69. The second-order valence-electron chi connectivity index (χ2n) is 5.75. The van der Waals surface area contributed by atoms with Crippen molar-refractivity contribution in [1.82, 2.24) is 0 Å². The summed E-state index contributed by atoms with van der Waals surface area (Å²) in [6, 6.07) is 8.12. The van der Waals surface area contributed by atoms with Crippen LogP contribution >= 0.6 is 0 Å². The summed E-state index contributed by atoms with van der Waals surface area (Å²) < 4.78 is 0. The highest BCUT2D eigenvalue weighted by atomic mass is 16.3. The molecule has 3 nitrogen and oxygen atoms in total. The molecule has 0 radical (unpaired) electrons. The molecular formula is C16H22N2O.